The molecule has 0 saturated heterocycles. The smallest absolute Gasteiger partial charge is 0.167 e. The molecule has 0 atom stereocenters. The Morgan fingerprint density at radius 3 is 2.60 bits per heavy atom. The van der Waals surface area contributed by atoms with Gasteiger partial charge in [-0.15, -0.1) is 0 Å². The molecule has 0 saturated carbocycles. The lowest BCUT2D eigenvalue weighted by molar-refractivity contribution is 0.111. The van der Waals surface area contributed by atoms with Gasteiger partial charge in [-0.2, -0.15) is 5.10 Å². The maximum atomic E-state index is 10.5. The zero-order chi connectivity index (χ0) is 10.8. The average Bonchev–Trinajstić information content (AvgIpc) is 2.70. The summed E-state index contributed by atoms with van der Waals surface area (Å²) >= 11 is 0. The minimum Gasteiger partial charge on any atom is -0.296 e. The van der Waals surface area contributed by atoms with Crippen LogP contribution in [-0.2, 0) is 0 Å². The number of benzene rings is 1. The molecule has 0 spiro atoms. The van der Waals surface area contributed by atoms with Crippen LogP contribution >= 0.6 is 0 Å². The highest BCUT2D eigenvalue weighted by Gasteiger charge is 2.04. The topological polar surface area (TPSA) is 45.8 Å². The van der Waals surface area contributed by atoms with Crippen molar-refractivity contribution >= 4 is 6.29 Å². The molecule has 0 fully saturated rings. The van der Waals surface area contributed by atoms with E-state index < -0.39 is 0 Å². The fraction of sp³-hybridized carbons (Fsp3) is 0.167. The number of carbonyl (C=O) groups excluding carboxylic acids is 1. The Kier molecular flexibility index (Phi) is 2.37. The summed E-state index contributed by atoms with van der Waals surface area (Å²) in [6.07, 6.45) is 0.761. The number of rotatable bonds is 2. The summed E-state index contributed by atoms with van der Waals surface area (Å²) in [5, 5.41) is 6.74. The molecular weight excluding hydrogens is 188 g/mol. The van der Waals surface area contributed by atoms with Gasteiger partial charge in [0.2, 0.25) is 0 Å². The van der Waals surface area contributed by atoms with Gasteiger partial charge in [0.1, 0.15) is 0 Å². The van der Waals surface area contributed by atoms with Crippen molar-refractivity contribution in [1.82, 2.24) is 10.2 Å². The molecule has 0 radical (unpaired) electrons. The van der Waals surface area contributed by atoms with Gasteiger partial charge in [0.25, 0.3) is 0 Å². The molecule has 2 rings (SSSR count). The molecule has 2 aromatic rings. The number of aromatic amines is 1. The summed E-state index contributed by atoms with van der Waals surface area (Å²) < 4.78 is 0. The number of nitrogens with zero attached hydrogens (tertiary/aromatic N) is 1. The van der Waals surface area contributed by atoms with Crippen LogP contribution in [0.25, 0.3) is 11.3 Å². The zero-order valence-corrected chi connectivity index (χ0v) is 8.74. The number of nitrogens with one attached hydrogen (secondary N) is 1. The van der Waals surface area contributed by atoms with Crippen LogP contribution in [-0.4, -0.2) is 16.5 Å². The molecular formula is C12H12N2O. The Labute approximate surface area is 88.1 Å². The first-order chi connectivity index (χ1) is 7.20. The first-order valence-corrected chi connectivity index (χ1v) is 4.79. The minimum atomic E-state index is 0.503. The molecule has 3 heteroatoms. The monoisotopic (exact) mass is 200 g/mol. The van der Waals surface area contributed by atoms with Gasteiger partial charge in [-0.1, -0.05) is 12.1 Å². The molecule has 1 N–H and O–H groups in total. The highest BCUT2D eigenvalue weighted by atomic mass is 16.1. The number of hydrogen-bond donors (Lipinski definition) is 1. The van der Waals surface area contributed by atoms with Gasteiger partial charge in [0.15, 0.2) is 6.29 Å². The maximum absolute atomic E-state index is 10.5. The van der Waals surface area contributed by atoms with Crippen molar-refractivity contribution in [2.45, 2.75) is 13.8 Å². The Balaban J connectivity index is 2.44. The molecule has 0 aliphatic heterocycles. The van der Waals surface area contributed by atoms with Crippen LogP contribution in [0.15, 0.2) is 24.3 Å². The van der Waals surface area contributed by atoms with Crippen molar-refractivity contribution in [2.24, 2.45) is 0 Å². The Morgan fingerprint density at radius 2 is 2.00 bits per heavy atom. The Hall–Kier alpha value is -1.90. The third-order valence-corrected chi connectivity index (χ3v) is 2.53. The molecule has 0 aliphatic rings. The lowest BCUT2D eigenvalue weighted by Gasteiger charge is -2.01. The number of hydrogen-bond acceptors (Lipinski definition) is 2. The van der Waals surface area contributed by atoms with E-state index in [1.54, 1.807) is 6.07 Å². The van der Waals surface area contributed by atoms with E-state index in [9.17, 15) is 4.79 Å². The van der Waals surface area contributed by atoms with Crippen LogP contribution in [0.2, 0.25) is 0 Å². The number of aldehydes is 1. The van der Waals surface area contributed by atoms with Crippen molar-refractivity contribution in [1.29, 1.82) is 0 Å². The van der Waals surface area contributed by atoms with E-state index in [2.05, 4.69) is 36.2 Å². The molecule has 1 aromatic heterocycles. The van der Waals surface area contributed by atoms with E-state index >= 15 is 0 Å². The summed E-state index contributed by atoms with van der Waals surface area (Å²) in [6.45, 7) is 4.13. The molecule has 0 amide bonds. The Morgan fingerprint density at radius 1 is 1.20 bits per heavy atom. The van der Waals surface area contributed by atoms with Crippen LogP contribution in [0.1, 0.15) is 21.6 Å². The largest absolute Gasteiger partial charge is 0.296 e. The molecule has 76 valence electrons. The van der Waals surface area contributed by atoms with E-state index in [-0.39, 0.29) is 0 Å². The SMILES string of the molecule is Cc1ccc(-c2cc(C=O)[nH]n2)cc1C. The summed E-state index contributed by atoms with van der Waals surface area (Å²) in [4.78, 5) is 10.5. The van der Waals surface area contributed by atoms with Gasteiger partial charge in [-0.3, -0.25) is 9.89 Å². The lowest BCUT2D eigenvalue weighted by atomic mass is 10.0. The first kappa shape index (κ1) is 9.65. The van der Waals surface area contributed by atoms with Crippen LogP contribution in [0.4, 0.5) is 0 Å². The van der Waals surface area contributed by atoms with Crippen molar-refractivity contribution in [3.8, 4) is 11.3 Å². The third kappa shape index (κ3) is 1.81. The standard InChI is InChI=1S/C12H12N2O/c1-8-3-4-10(5-9(8)2)12-6-11(7-15)13-14-12/h3-7H,1-2H3,(H,13,14). The maximum Gasteiger partial charge on any atom is 0.167 e. The number of aryl methyl sites for hydroxylation is 2. The summed E-state index contributed by atoms with van der Waals surface area (Å²) in [5.74, 6) is 0. The van der Waals surface area contributed by atoms with Gasteiger partial charge in [0, 0.05) is 5.56 Å². The molecule has 15 heavy (non-hydrogen) atoms. The second-order valence-corrected chi connectivity index (χ2v) is 3.63. The third-order valence-electron chi connectivity index (χ3n) is 2.53. The number of carbonyl (C=O) groups is 1. The highest BCUT2D eigenvalue weighted by molar-refractivity contribution is 5.75. The fourth-order valence-electron chi connectivity index (χ4n) is 1.45. The van der Waals surface area contributed by atoms with Crippen molar-refractivity contribution in [2.75, 3.05) is 0 Å². The molecule has 0 aliphatic carbocycles. The number of H-pyrrole nitrogens is 1. The van der Waals surface area contributed by atoms with E-state index in [1.807, 2.05) is 6.07 Å². The molecule has 0 unspecified atom stereocenters. The van der Waals surface area contributed by atoms with E-state index in [4.69, 9.17) is 0 Å². The van der Waals surface area contributed by atoms with Crippen LogP contribution in [0, 0.1) is 13.8 Å². The quantitative estimate of drug-likeness (QED) is 0.757. The first-order valence-electron chi connectivity index (χ1n) is 4.79. The average molecular weight is 200 g/mol. The fourth-order valence-corrected chi connectivity index (χ4v) is 1.45. The van der Waals surface area contributed by atoms with Crippen molar-refractivity contribution < 1.29 is 4.79 Å². The second kappa shape index (κ2) is 3.69. The van der Waals surface area contributed by atoms with Crippen LogP contribution < -0.4 is 0 Å². The minimum absolute atomic E-state index is 0.503. The summed E-state index contributed by atoms with van der Waals surface area (Å²) in [5.41, 5.74) is 4.82. The van der Waals surface area contributed by atoms with Gasteiger partial charge < -0.3 is 0 Å². The molecule has 3 nitrogen and oxygen atoms in total. The zero-order valence-electron chi connectivity index (χ0n) is 8.74. The molecule has 0 bridgehead atoms. The predicted molar refractivity (Wildman–Crippen MR) is 58.9 cm³/mol. The van der Waals surface area contributed by atoms with Gasteiger partial charge >= 0.3 is 0 Å². The normalized spacial score (nSPS) is 10.3. The van der Waals surface area contributed by atoms with Crippen LogP contribution in [0.3, 0.4) is 0 Å². The van der Waals surface area contributed by atoms with Crippen molar-refractivity contribution in [3.05, 3.63) is 41.1 Å². The Bertz CT molecular complexity index is 500. The van der Waals surface area contributed by atoms with Crippen LogP contribution in [0.5, 0.6) is 0 Å². The van der Waals surface area contributed by atoms with E-state index in [1.165, 1.54) is 11.1 Å². The number of aromatic nitrogens is 2. The molecule has 1 heterocycles. The predicted octanol–water partition coefficient (Wildman–Crippen LogP) is 2.51. The highest BCUT2D eigenvalue weighted by Crippen LogP contribution is 2.20. The lowest BCUT2D eigenvalue weighted by Crippen LogP contribution is -1.83. The van der Waals surface area contributed by atoms with E-state index in [0.717, 1.165) is 17.5 Å². The molecule has 1 aromatic carbocycles. The van der Waals surface area contributed by atoms with Gasteiger partial charge in [0.05, 0.1) is 11.4 Å². The van der Waals surface area contributed by atoms with Gasteiger partial charge in [-0.05, 0) is 37.1 Å². The summed E-state index contributed by atoms with van der Waals surface area (Å²) in [7, 11) is 0. The van der Waals surface area contributed by atoms with Crippen molar-refractivity contribution in [3.63, 3.8) is 0 Å². The van der Waals surface area contributed by atoms with E-state index in [0.29, 0.717) is 5.69 Å². The summed E-state index contributed by atoms with van der Waals surface area (Å²) in [6, 6.07) is 7.88. The second-order valence-electron chi connectivity index (χ2n) is 3.63. The van der Waals surface area contributed by atoms with Gasteiger partial charge in [-0.25, -0.2) is 0 Å².